The molecule has 1 unspecified atom stereocenters. The molecule has 0 spiro atoms. The monoisotopic (exact) mass is 557 g/mol. The van der Waals surface area contributed by atoms with Crippen LogP contribution < -0.4 is 4.74 Å². The molecule has 1 aliphatic heterocycles. The zero-order chi connectivity index (χ0) is 22.8. The van der Waals surface area contributed by atoms with Gasteiger partial charge in [0.25, 0.3) is 0 Å². The molecule has 0 radical (unpaired) electrons. The molecular weight excluding hydrogens is 540 g/mol. The van der Waals surface area contributed by atoms with Gasteiger partial charge >= 0.3 is 0 Å². The van der Waals surface area contributed by atoms with E-state index in [4.69, 9.17) is 10.00 Å². The van der Waals surface area contributed by atoms with Crippen molar-refractivity contribution < 1.29 is 27.8 Å². The highest BCUT2D eigenvalue weighted by Crippen LogP contribution is 2.33. The van der Waals surface area contributed by atoms with Crippen LogP contribution in [0.25, 0.3) is 0 Å². The molecule has 2 aromatic rings. The number of sulfonamides is 1. The molecule has 2 N–H and O–H groups in total. The predicted molar refractivity (Wildman–Crippen MR) is 115 cm³/mol. The van der Waals surface area contributed by atoms with Crippen molar-refractivity contribution in [3.63, 3.8) is 0 Å². The summed E-state index contributed by atoms with van der Waals surface area (Å²) in [6.07, 6.45) is 0. The third kappa shape index (κ3) is 4.66. The molecule has 2 aromatic carbocycles. The number of β-amino-alcohol motifs (C(OH)–C–C–N with tert-alkyl or cyclic N) is 1. The van der Waals surface area contributed by atoms with E-state index in [-0.39, 0.29) is 34.9 Å². The van der Waals surface area contributed by atoms with E-state index in [2.05, 4.69) is 0 Å². The molecule has 31 heavy (non-hydrogen) atoms. The average Bonchev–Trinajstić information content (AvgIpc) is 3.10. The van der Waals surface area contributed by atoms with E-state index in [0.29, 0.717) is 3.57 Å². The van der Waals surface area contributed by atoms with Crippen molar-refractivity contribution in [2.24, 2.45) is 5.92 Å². The van der Waals surface area contributed by atoms with E-state index < -0.39 is 40.5 Å². The van der Waals surface area contributed by atoms with Gasteiger partial charge in [0.2, 0.25) is 10.0 Å². The highest BCUT2D eigenvalue weighted by atomic mass is 127. The van der Waals surface area contributed by atoms with Crippen LogP contribution in [0.1, 0.15) is 11.1 Å². The number of aliphatic hydroxyl groups excluding tert-OH is 1. The fourth-order valence-electron chi connectivity index (χ4n) is 3.31. The topological polar surface area (TPSA) is 135 Å². The summed E-state index contributed by atoms with van der Waals surface area (Å²) < 4.78 is 47.2. The first-order valence-corrected chi connectivity index (χ1v) is 11.5. The third-order valence-electron chi connectivity index (χ3n) is 5.10. The number of ether oxygens (including phenoxy) is 1. The Balaban J connectivity index is 1.83. The lowest BCUT2D eigenvalue weighted by atomic mass is 9.92. The molecule has 1 aliphatic rings. The number of hydrogen-bond donors (Lipinski definition) is 2. The Hall–Kier alpha value is -2.29. The zero-order valence-electron chi connectivity index (χ0n) is 16.0. The molecule has 1 fully saturated rings. The molecule has 11 heteroatoms. The fourth-order valence-corrected chi connectivity index (χ4v) is 5.47. The van der Waals surface area contributed by atoms with Crippen molar-refractivity contribution in [3.8, 4) is 17.9 Å². The SMILES string of the molecule is N#Cc1ccc(OCC2CN(S(=O)(=O)c3ccc(I)cc3C#N)C[C@@]2(O)CO)cc1F. The second kappa shape index (κ2) is 9.06. The predicted octanol–water partition coefficient (Wildman–Crippen LogP) is 1.60. The molecule has 1 heterocycles. The van der Waals surface area contributed by atoms with Crippen LogP contribution in [-0.4, -0.2) is 54.8 Å². The van der Waals surface area contributed by atoms with Gasteiger partial charge in [-0.3, -0.25) is 0 Å². The van der Waals surface area contributed by atoms with Crippen LogP contribution in [0.3, 0.4) is 0 Å². The van der Waals surface area contributed by atoms with Crippen molar-refractivity contribution in [2.75, 3.05) is 26.3 Å². The number of halogens is 2. The van der Waals surface area contributed by atoms with Gasteiger partial charge in [0.05, 0.1) is 24.3 Å². The van der Waals surface area contributed by atoms with Gasteiger partial charge in [-0.25, -0.2) is 12.8 Å². The molecule has 162 valence electrons. The summed E-state index contributed by atoms with van der Waals surface area (Å²) in [5.41, 5.74) is -1.95. The summed E-state index contributed by atoms with van der Waals surface area (Å²) in [5, 5.41) is 38.6. The summed E-state index contributed by atoms with van der Waals surface area (Å²) in [5.74, 6) is -1.49. The fraction of sp³-hybridized carbons (Fsp3) is 0.300. The van der Waals surface area contributed by atoms with E-state index in [1.165, 1.54) is 24.3 Å². The minimum atomic E-state index is -4.13. The van der Waals surface area contributed by atoms with Crippen molar-refractivity contribution in [3.05, 3.63) is 56.9 Å². The van der Waals surface area contributed by atoms with Crippen molar-refractivity contribution in [1.29, 1.82) is 10.5 Å². The van der Waals surface area contributed by atoms with Crippen LogP contribution >= 0.6 is 22.6 Å². The second-order valence-corrected chi connectivity index (χ2v) is 10.2. The summed E-state index contributed by atoms with van der Waals surface area (Å²) in [4.78, 5) is -0.188. The Morgan fingerprint density at radius 3 is 2.55 bits per heavy atom. The second-order valence-electron chi connectivity index (χ2n) is 7.07. The smallest absolute Gasteiger partial charge is 0.244 e. The first kappa shape index (κ1) is 23.4. The van der Waals surface area contributed by atoms with Crippen LogP contribution in [0.5, 0.6) is 5.75 Å². The highest BCUT2D eigenvalue weighted by Gasteiger charge is 2.49. The van der Waals surface area contributed by atoms with Gasteiger partial charge in [-0.2, -0.15) is 14.8 Å². The lowest BCUT2D eigenvalue weighted by molar-refractivity contribution is -0.0452. The number of nitriles is 2. The van der Waals surface area contributed by atoms with Crippen LogP contribution in [-0.2, 0) is 10.0 Å². The van der Waals surface area contributed by atoms with Crippen molar-refractivity contribution in [2.45, 2.75) is 10.5 Å². The Morgan fingerprint density at radius 2 is 1.94 bits per heavy atom. The Labute approximate surface area is 192 Å². The number of benzene rings is 2. The average molecular weight is 557 g/mol. The number of nitrogens with zero attached hydrogens (tertiary/aromatic N) is 3. The van der Waals surface area contributed by atoms with Gasteiger partial charge in [-0.1, -0.05) is 0 Å². The number of rotatable bonds is 6. The van der Waals surface area contributed by atoms with Crippen LogP contribution in [0.15, 0.2) is 41.3 Å². The van der Waals surface area contributed by atoms with Crippen LogP contribution in [0.4, 0.5) is 4.39 Å². The van der Waals surface area contributed by atoms with Gasteiger partial charge < -0.3 is 14.9 Å². The number of hydrogen-bond acceptors (Lipinski definition) is 7. The summed E-state index contributed by atoms with van der Waals surface area (Å²) in [6.45, 7) is -1.48. The van der Waals surface area contributed by atoms with E-state index in [1.54, 1.807) is 12.1 Å². The third-order valence-corrected chi connectivity index (χ3v) is 7.64. The molecule has 0 bridgehead atoms. The van der Waals surface area contributed by atoms with Crippen molar-refractivity contribution >= 4 is 32.6 Å². The van der Waals surface area contributed by atoms with E-state index in [9.17, 15) is 28.3 Å². The highest BCUT2D eigenvalue weighted by molar-refractivity contribution is 14.1. The molecule has 8 nitrogen and oxygen atoms in total. The number of aliphatic hydroxyl groups is 2. The lowest BCUT2D eigenvalue weighted by Gasteiger charge is -2.26. The van der Waals surface area contributed by atoms with Crippen LogP contribution in [0.2, 0.25) is 0 Å². The zero-order valence-corrected chi connectivity index (χ0v) is 19.0. The van der Waals surface area contributed by atoms with Gasteiger partial charge in [0.15, 0.2) is 0 Å². The Kier molecular flexibility index (Phi) is 6.83. The molecule has 1 saturated heterocycles. The van der Waals surface area contributed by atoms with Crippen molar-refractivity contribution in [1.82, 2.24) is 4.31 Å². The minimum absolute atomic E-state index is 0.0211. The van der Waals surface area contributed by atoms with E-state index in [0.717, 1.165) is 10.4 Å². The summed E-state index contributed by atoms with van der Waals surface area (Å²) in [7, 11) is -4.13. The van der Waals surface area contributed by atoms with Gasteiger partial charge in [-0.15, -0.1) is 0 Å². The van der Waals surface area contributed by atoms with Gasteiger partial charge in [-0.05, 0) is 52.9 Å². The Bertz CT molecular complexity index is 1190. The first-order valence-electron chi connectivity index (χ1n) is 9.00. The standard InChI is InChI=1S/C20H17FIN3O5S/c21-18-6-17(3-1-13(18)7-23)30-10-15-9-25(11-20(15,27)12-26)31(28,29)19-4-2-16(22)5-14(19)8-24/h1-6,15,26-27H,9-12H2/t15?,20-/m1/s1. The van der Waals surface area contributed by atoms with Crippen LogP contribution in [0, 0.1) is 38.0 Å². The minimum Gasteiger partial charge on any atom is -0.493 e. The molecular formula is C20H17FIN3O5S. The van der Waals surface area contributed by atoms with E-state index in [1.807, 2.05) is 28.7 Å². The maximum Gasteiger partial charge on any atom is 0.244 e. The largest absolute Gasteiger partial charge is 0.493 e. The van der Waals surface area contributed by atoms with Gasteiger partial charge in [0, 0.05) is 28.6 Å². The molecule has 0 aromatic heterocycles. The normalized spacial score (nSPS) is 21.4. The first-order chi connectivity index (χ1) is 14.6. The molecule has 2 atom stereocenters. The molecule has 0 amide bonds. The summed E-state index contributed by atoms with van der Waals surface area (Å²) in [6, 6.07) is 11.5. The molecule has 0 saturated carbocycles. The van der Waals surface area contributed by atoms with Gasteiger partial charge in [0.1, 0.15) is 34.2 Å². The molecule has 3 rings (SSSR count). The summed E-state index contributed by atoms with van der Waals surface area (Å²) >= 11 is 1.97. The maximum atomic E-state index is 13.8. The lowest BCUT2D eigenvalue weighted by Crippen LogP contribution is -2.44. The molecule has 0 aliphatic carbocycles. The van der Waals surface area contributed by atoms with E-state index >= 15 is 0 Å². The maximum absolute atomic E-state index is 13.8. The quantitative estimate of drug-likeness (QED) is 0.516. The Morgan fingerprint density at radius 1 is 1.23 bits per heavy atom.